The maximum absolute atomic E-state index is 13.6. The molecule has 106 valence electrons. The van der Waals surface area contributed by atoms with E-state index in [9.17, 15) is 13.6 Å². The first-order valence-corrected chi connectivity index (χ1v) is 6.38. The summed E-state index contributed by atoms with van der Waals surface area (Å²) in [7, 11) is 1.59. The Hall–Kier alpha value is -1.49. The first-order chi connectivity index (χ1) is 8.97. The number of hydrogen-bond donors (Lipinski definition) is 1. The van der Waals surface area contributed by atoms with E-state index in [0.717, 1.165) is 31.2 Å². The van der Waals surface area contributed by atoms with Crippen LogP contribution >= 0.6 is 0 Å². The highest BCUT2D eigenvalue weighted by atomic mass is 19.1. The number of amides is 1. The molecule has 0 radical (unpaired) electrons. The molecule has 0 saturated heterocycles. The fourth-order valence-corrected chi connectivity index (χ4v) is 1.76. The predicted molar refractivity (Wildman–Crippen MR) is 70.7 cm³/mol. The maximum Gasteiger partial charge on any atom is 0.236 e. The van der Waals surface area contributed by atoms with Gasteiger partial charge in [-0.25, -0.2) is 8.78 Å². The summed E-state index contributed by atoms with van der Waals surface area (Å²) in [5, 5.41) is 2.99. The van der Waals surface area contributed by atoms with Gasteiger partial charge in [0.1, 0.15) is 11.6 Å². The van der Waals surface area contributed by atoms with Crippen molar-refractivity contribution < 1.29 is 13.6 Å². The molecule has 0 aromatic heterocycles. The second-order valence-corrected chi connectivity index (χ2v) is 4.52. The maximum atomic E-state index is 13.6. The van der Waals surface area contributed by atoms with Crippen molar-refractivity contribution in [2.24, 2.45) is 0 Å². The van der Waals surface area contributed by atoms with Crippen molar-refractivity contribution in [2.75, 3.05) is 20.1 Å². The zero-order chi connectivity index (χ0) is 14.4. The molecule has 3 nitrogen and oxygen atoms in total. The van der Waals surface area contributed by atoms with Crippen molar-refractivity contribution in [3.05, 3.63) is 35.4 Å². The molecular formula is C14H20F2N2O. The Bertz CT molecular complexity index is 437. The molecule has 1 aromatic carbocycles. The number of carbonyl (C=O) groups excluding carboxylic acids is 1. The van der Waals surface area contributed by atoms with Gasteiger partial charge >= 0.3 is 0 Å². The lowest BCUT2D eigenvalue weighted by Gasteiger charge is -2.26. The van der Waals surface area contributed by atoms with Gasteiger partial charge in [0.15, 0.2) is 0 Å². The molecule has 0 bridgehead atoms. The Kier molecular flexibility index (Phi) is 5.89. The molecule has 0 heterocycles. The van der Waals surface area contributed by atoms with Gasteiger partial charge in [0.2, 0.25) is 5.91 Å². The first-order valence-electron chi connectivity index (χ1n) is 6.38. The van der Waals surface area contributed by atoms with E-state index in [1.165, 1.54) is 4.90 Å². The Balaban J connectivity index is 2.72. The molecule has 0 aliphatic rings. The third kappa shape index (κ3) is 4.28. The van der Waals surface area contributed by atoms with Crippen molar-refractivity contribution in [1.29, 1.82) is 0 Å². The third-order valence-corrected chi connectivity index (χ3v) is 3.09. The molecule has 0 aliphatic carbocycles. The normalized spacial score (nSPS) is 12.3. The summed E-state index contributed by atoms with van der Waals surface area (Å²) in [5.41, 5.74) is 0.186. The summed E-state index contributed by atoms with van der Waals surface area (Å²) >= 11 is 0. The number of nitrogens with one attached hydrogen (secondary N) is 1. The zero-order valence-electron chi connectivity index (χ0n) is 11.5. The molecule has 19 heavy (non-hydrogen) atoms. The minimum absolute atomic E-state index is 0.149. The van der Waals surface area contributed by atoms with E-state index >= 15 is 0 Å². The summed E-state index contributed by atoms with van der Waals surface area (Å²) in [6.07, 6.45) is 0.936. The number of carbonyl (C=O) groups is 1. The van der Waals surface area contributed by atoms with E-state index in [1.54, 1.807) is 14.0 Å². The van der Waals surface area contributed by atoms with Crippen molar-refractivity contribution >= 4 is 5.91 Å². The van der Waals surface area contributed by atoms with E-state index in [4.69, 9.17) is 0 Å². The number of halogens is 2. The SMILES string of the molecule is CCCNCC(=O)N(C)C(C)c1cc(F)ccc1F. The molecule has 1 aromatic rings. The number of likely N-dealkylation sites (N-methyl/N-ethyl adjacent to an activating group) is 1. The van der Waals surface area contributed by atoms with Crippen LogP contribution in [0.5, 0.6) is 0 Å². The highest BCUT2D eigenvalue weighted by Gasteiger charge is 2.20. The molecule has 0 spiro atoms. The lowest BCUT2D eigenvalue weighted by Crippen LogP contribution is -2.37. The summed E-state index contributed by atoms with van der Waals surface area (Å²) in [4.78, 5) is 13.3. The van der Waals surface area contributed by atoms with E-state index in [0.29, 0.717) is 0 Å². The summed E-state index contributed by atoms with van der Waals surface area (Å²) in [5.74, 6) is -1.16. The van der Waals surface area contributed by atoms with Crippen LogP contribution in [0, 0.1) is 11.6 Å². The smallest absolute Gasteiger partial charge is 0.236 e. The van der Waals surface area contributed by atoms with Crippen LogP contribution in [0.3, 0.4) is 0 Å². The second kappa shape index (κ2) is 7.19. The van der Waals surface area contributed by atoms with Gasteiger partial charge in [-0.2, -0.15) is 0 Å². The van der Waals surface area contributed by atoms with Crippen molar-refractivity contribution in [3.8, 4) is 0 Å². The van der Waals surface area contributed by atoms with E-state index in [2.05, 4.69) is 5.32 Å². The minimum atomic E-state index is -0.508. The van der Waals surface area contributed by atoms with Crippen LogP contribution in [0.1, 0.15) is 31.9 Å². The van der Waals surface area contributed by atoms with Gasteiger partial charge in [0.25, 0.3) is 0 Å². The Morgan fingerprint density at radius 3 is 2.74 bits per heavy atom. The largest absolute Gasteiger partial charge is 0.338 e. The summed E-state index contributed by atoms with van der Waals surface area (Å²) < 4.78 is 26.8. The van der Waals surface area contributed by atoms with Gasteiger partial charge in [0, 0.05) is 12.6 Å². The summed E-state index contributed by atoms with van der Waals surface area (Å²) in [6, 6.07) is 2.76. The van der Waals surface area contributed by atoms with Crippen LogP contribution in [0.25, 0.3) is 0 Å². The minimum Gasteiger partial charge on any atom is -0.338 e. The van der Waals surface area contributed by atoms with Crippen LogP contribution in [0.2, 0.25) is 0 Å². The molecule has 0 saturated carbocycles. The third-order valence-electron chi connectivity index (χ3n) is 3.09. The zero-order valence-corrected chi connectivity index (χ0v) is 11.5. The molecule has 1 atom stereocenters. The van der Waals surface area contributed by atoms with Crippen LogP contribution in [-0.2, 0) is 4.79 Å². The Morgan fingerprint density at radius 1 is 1.42 bits per heavy atom. The molecular weight excluding hydrogens is 250 g/mol. The molecule has 0 fully saturated rings. The van der Waals surface area contributed by atoms with Crippen molar-refractivity contribution in [2.45, 2.75) is 26.3 Å². The van der Waals surface area contributed by atoms with Gasteiger partial charge in [0.05, 0.1) is 12.6 Å². The lowest BCUT2D eigenvalue weighted by molar-refractivity contribution is -0.130. The van der Waals surface area contributed by atoms with Gasteiger partial charge in [-0.1, -0.05) is 6.92 Å². The van der Waals surface area contributed by atoms with Crippen molar-refractivity contribution in [1.82, 2.24) is 10.2 Å². The highest BCUT2D eigenvalue weighted by Crippen LogP contribution is 2.22. The van der Waals surface area contributed by atoms with Crippen LogP contribution in [0.4, 0.5) is 8.78 Å². The quantitative estimate of drug-likeness (QED) is 0.805. The topological polar surface area (TPSA) is 32.3 Å². The van der Waals surface area contributed by atoms with Crippen LogP contribution < -0.4 is 5.32 Å². The average Bonchev–Trinajstić information content (AvgIpc) is 2.40. The van der Waals surface area contributed by atoms with Crippen LogP contribution in [-0.4, -0.2) is 30.9 Å². The number of rotatable bonds is 6. The molecule has 1 rings (SSSR count). The monoisotopic (exact) mass is 270 g/mol. The molecule has 0 aliphatic heterocycles. The van der Waals surface area contributed by atoms with Gasteiger partial charge in [-0.05, 0) is 38.1 Å². The second-order valence-electron chi connectivity index (χ2n) is 4.52. The predicted octanol–water partition coefficient (Wildman–Crippen LogP) is 2.48. The van der Waals surface area contributed by atoms with Gasteiger partial charge in [-0.3, -0.25) is 4.79 Å². The fourth-order valence-electron chi connectivity index (χ4n) is 1.76. The molecule has 1 unspecified atom stereocenters. The van der Waals surface area contributed by atoms with E-state index in [1.807, 2.05) is 6.92 Å². The lowest BCUT2D eigenvalue weighted by atomic mass is 10.1. The van der Waals surface area contributed by atoms with Crippen LogP contribution in [0.15, 0.2) is 18.2 Å². The number of nitrogens with zero attached hydrogens (tertiary/aromatic N) is 1. The van der Waals surface area contributed by atoms with E-state index < -0.39 is 17.7 Å². The fraction of sp³-hybridized carbons (Fsp3) is 0.500. The molecule has 1 N–H and O–H groups in total. The van der Waals surface area contributed by atoms with E-state index in [-0.39, 0.29) is 18.0 Å². The Morgan fingerprint density at radius 2 is 2.11 bits per heavy atom. The molecule has 5 heteroatoms. The number of benzene rings is 1. The first kappa shape index (κ1) is 15.6. The summed E-state index contributed by atoms with van der Waals surface area (Å²) in [6.45, 7) is 4.63. The average molecular weight is 270 g/mol. The van der Waals surface area contributed by atoms with Gasteiger partial charge in [-0.15, -0.1) is 0 Å². The number of hydrogen-bond acceptors (Lipinski definition) is 2. The van der Waals surface area contributed by atoms with Crippen molar-refractivity contribution in [3.63, 3.8) is 0 Å². The molecule has 1 amide bonds. The standard InChI is InChI=1S/C14H20F2N2O/c1-4-7-17-9-14(19)18(3)10(2)12-8-11(15)5-6-13(12)16/h5-6,8,10,17H,4,7,9H2,1-3H3. The highest BCUT2D eigenvalue weighted by molar-refractivity contribution is 5.78. The Labute approximate surface area is 112 Å². The van der Waals surface area contributed by atoms with Gasteiger partial charge < -0.3 is 10.2 Å².